The molecule has 1 aromatic heterocycles. The Morgan fingerprint density at radius 3 is 3.00 bits per heavy atom. The van der Waals surface area contributed by atoms with Gasteiger partial charge in [-0.05, 0) is 6.07 Å². The third kappa shape index (κ3) is 2.68. The Hall–Kier alpha value is -2.13. The van der Waals surface area contributed by atoms with Gasteiger partial charge in [-0.15, -0.1) is 6.42 Å². The molecule has 1 rings (SSSR count). The van der Waals surface area contributed by atoms with Crippen LogP contribution in [-0.2, 0) is 0 Å². The number of carbonyl (C=O) groups excluding carboxylic acids is 1. The minimum absolute atomic E-state index is 0.00328. The molecule has 0 aliphatic carbocycles. The Labute approximate surface area is 95.8 Å². The third-order valence-corrected chi connectivity index (χ3v) is 1.85. The number of aromatic nitrogens is 1. The van der Waals surface area contributed by atoms with E-state index in [2.05, 4.69) is 16.2 Å². The molecule has 16 heavy (non-hydrogen) atoms. The van der Waals surface area contributed by atoms with Gasteiger partial charge in [0.15, 0.2) is 0 Å². The topological polar surface area (TPSA) is 85.1 Å². The number of hydrogen-bond donors (Lipinski definition) is 1. The minimum Gasteiger partial charge on any atom is -0.341 e. The van der Waals surface area contributed by atoms with Crippen molar-refractivity contribution in [2.75, 3.05) is 6.54 Å². The van der Waals surface area contributed by atoms with Crippen LogP contribution in [0.2, 0.25) is 5.15 Å². The van der Waals surface area contributed by atoms with Crippen molar-refractivity contribution in [3.05, 3.63) is 33.1 Å². The van der Waals surface area contributed by atoms with E-state index in [1.165, 1.54) is 0 Å². The standard InChI is InChI=1S/C9H6ClN3O3/c1-2-3-11-9(14)6-4-8(10)12-5-7(6)13(15)16/h1,4-5H,3H2,(H,11,14). The number of amides is 1. The van der Waals surface area contributed by atoms with E-state index in [1.807, 2.05) is 0 Å². The highest BCUT2D eigenvalue weighted by atomic mass is 35.5. The van der Waals surface area contributed by atoms with E-state index >= 15 is 0 Å². The predicted molar refractivity (Wildman–Crippen MR) is 57.1 cm³/mol. The normalized spacial score (nSPS) is 9.25. The number of carbonyl (C=O) groups is 1. The van der Waals surface area contributed by atoms with Gasteiger partial charge in [0, 0.05) is 0 Å². The van der Waals surface area contributed by atoms with E-state index in [4.69, 9.17) is 18.0 Å². The van der Waals surface area contributed by atoms with E-state index in [1.54, 1.807) is 0 Å². The van der Waals surface area contributed by atoms with Crippen molar-refractivity contribution < 1.29 is 9.72 Å². The number of pyridine rings is 1. The molecule has 0 aliphatic heterocycles. The Kier molecular flexibility index (Phi) is 3.80. The highest BCUT2D eigenvalue weighted by molar-refractivity contribution is 6.29. The van der Waals surface area contributed by atoms with E-state index in [0.717, 1.165) is 12.3 Å². The number of nitrogens with one attached hydrogen (secondary N) is 1. The molecule has 1 amide bonds. The maximum absolute atomic E-state index is 11.5. The van der Waals surface area contributed by atoms with Crippen molar-refractivity contribution >= 4 is 23.2 Å². The molecule has 0 spiro atoms. The molecule has 0 unspecified atom stereocenters. The number of halogens is 1. The molecule has 0 saturated carbocycles. The second-order valence-electron chi connectivity index (χ2n) is 2.67. The molecule has 0 fully saturated rings. The van der Waals surface area contributed by atoms with Crippen LogP contribution in [0.4, 0.5) is 5.69 Å². The van der Waals surface area contributed by atoms with Crippen LogP contribution in [0.5, 0.6) is 0 Å². The van der Waals surface area contributed by atoms with E-state index in [0.29, 0.717) is 0 Å². The number of nitro groups is 1. The van der Waals surface area contributed by atoms with Crippen molar-refractivity contribution in [3.63, 3.8) is 0 Å². The number of rotatable bonds is 3. The summed E-state index contributed by atoms with van der Waals surface area (Å²) < 4.78 is 0. The summed E-state index contributed by atoms with van der Waals surface area (Å²) in [7, 11) is 0. The fourth-order valence-corrected chi connectivity index (χ4v) is 1.13. The average molecular weight is 240 g/mol. The van der Waals surface area contributed by atoms with Crippen LogP contribution in [0, 0.1) is 22.5 Å². The predicted octanol–water partition coefficient (Wildman–Crippen LogP) is 1.01. The largest absolute Gasteiger partial charge is 0.341 e. The molecule has 7 heteroatoms. The third-order valence-electron chi connectivity index (χ3n) is 1.64. The fraction of sp³-hybridized carbons (Fsp3) is 0.111. The lowest BCUT2D eigenvalue weighted by molar-refractivity contribution is -0.385. The Balaban J connectivity index is 3.10. The summed E-state index contributed by atoms with van der Waals surface area (Å²) in [6.07, 6.45) is 5.87. The van der Waals surface area contributed by atoms with Crippen molar-refractivity contribution in [1.82, 2.24) is 10.3 Å². The molecule has 0 aromatic carbocycles. The first-order valence-corrected chi connectivity index (χ1v) is 4.45. The van der Waals surface area contributed by atoms with E-state index < -0.39 is 16.5 Å². The molecule has 0 atom stereocenters. The second-order valence-corrected chi connectivity index (χ2v) is 3.06. The lowest BCUT2D eigenvalue weighted by Gasteiger charge is -2.02. The van der Waals surface area contributed by atoms with Gasteiger partial charge in [-0.25, -0.2) is 4.98 Å². The minimum atomic E-state index is -0.714. The van der Waals surface area contributed by atoms with Gasteiger partial charge < -0.3 is 5.32 Å². The highest BCUT2D eigenvalue weighted by Gasteiger charge is 2.20. The van der Waals surface area contributed by atoms with Gasteiger partial charge in [0.1, 0.15) is 16.9 Å². The Bertz CT molecular complexity index is 481. The van der Waals surface area contributed by atoms with Crippen LogP contribution in [0.25, 0.3) is 0 Å². The molecule has 0 saturated heterocycles. The van der Waals surface area contributed by atoms with E-state index in [9.17, 15) is 14.9 Å². The summed E-state index contributed by atoms with van der Waals surface area (Å²) in [5.74, 6) is 1.52. The number of hydrogen-bond acceptors (Lipinski definition) is 4. The smallest absolute Gasteiger partial charge is 0.300 e. The van der Waals surface area contributed by atoms with Crippen LogP contribution in [0.15, 0.2) is 12.3 Å². The molecular formula is C9H6ClN3O3. The van der Waals surface area contributed by atoms with Gasteiger partial charge in [-0.3, -0.25) is 14.9 Å². The Morgan fingerprint density at radius 2 is 2.44 bits per heavy atom. The molecule has 82 valence electrons. The zero-order chi connectivity index (χ0) is 12.1. The van der Waals surface area contributed by atoms with Crippen LogP contribution < -0.4 is 5.32 Å². The average Bonchev–Trinajstić information content (AvgIpc) is 2.25. The second kappa shape index (κ2) is 5.09. The maximum Gasteiger partial charge on any atom is 0.300 e. The molecule has 6 nitrogen and oxygen atoms in total. The van der Waals surface area contributed by atoms with E-state index in [-0.39, 0.29) is 17.3 Å². The SMILES string of the molecule is C#CCNC(=O)c1cc(Cl)ncc1[N+](=O)[O-]. The lowest BCUT2D eigenvalue weighted by atomic mass is 10.2. The van der Waals surface area contributed by atoms with Gasteiger partial charge in [-0.2, -0.15) is 0 Å². The summed E-state index contributed by atoms with van der Waals surface area (Å²) in [4.78, 5) is 24.9. The van der Waals surface area contributed by atoms with Crippen LogP contribution in [0.1, 0.15) is 10.4 Å². The van der Waals surface area contributed by atoms with Crippen LogP contribution >= 0.6 is 11.6 Å². The molecular weight excluding hydrogens is 234 g/mol. The van der Waals surface area contributed by atoms with Gasteiger partial charge in [0.2, 0.25) is 0 Å². The lowest BCUT2D eigenvalue weighted by Crippen LogP contribution is -2.24. The van der Waals surface area contributed by atoms with Crippen LogP contribution in [0.3, 0.4) is 0 Å². The van der Waals surface area contributed by atoms with Crippen molar-refractivity contribution in [3.8, 4) is 12.3 Å². The first kappa shape index (κ1) is 11.9. The van der Waals surface area contributed by atoms with Crippen molar-refractivity contribution in [1.29, 1.82) is 0 Å². The summed E-state index contributed by atoms with van der Waals surface area (Å²) >= 11 is 5.55. The molecule has 1 N–H and O–H groups in total. The van der Waals surface area contributed by atoms with Crippen LogP contribution in [-0.4, -0.2) is 22.4 Å². The van der Waals surface area contributed by atoms with Crippen molar-refractivity contribution in [2.45, 2.75) is 0 Å². The maximum atomic E-state index is 11.5. The monoisotopic (exact) mass is 239 g/mol. The molecule has 1 heterocycles. The molecule has 0 radical (unpaired) electrons. The fourth-order valence-electron chi connectivity index (χ4n) is 0.977. The molecule has 1 aromatic rings. The molecule has 0 bridgehead atoms. The van der Waals surface area contributed by atoms with Gasteiger partial charge >= 0.3 is 0 Å². The van der Waals surface area contributed by atoms with Crippen molar-refractivity contribution in [2.24, 2.45) is 0 Å². The first-order valence-electron chi connectivity index (χ1n) is 4.08. The summed E-state index contributed by atoms with van der Waals surface area (Å²) in [5.41, 5.74) is -0.584. The zero-order valence-electron chi connectivity index (χ0n) is 7.94. The van der Waals surface area contributed by atoms with Gasteiger partial charge in [0.25, 0.3) is 11.6 Å². The number of terminal acetylenes is 1. The summed E-state index contributed by atoms with van der Waals surface area (Å²) in [5, 5.41) is 12.9. The zero-order valence-corrected chi connectivity index (χ0v) is 8.69. The highest BCUT2D eigenvalue weighted by Crippen LogP contribution is 2.19. The molecule has 0 aliphatic rings. The van der Waals surface area contributed by atoms with Gasteiger partial charge in [-0.1, -0.05) is 17.5 Å². The summed E-state index contributed by atoms with van der Waals surface area (Å²) in [6, 6.07) is 1.12. The first-order chi connectivity index (χ1) is 7.56. The quantitative estimate of drug-likeness (QED) is 0.369. The summed E-state index contributed by atoms with van der Waals surface area (Å²) in [6.45, 7) is -0.0179. The Morgan fingerprint density at radius 1 is 1.75 bits per heavy atom. The van der Waals surface area contributed by atoms with Gasteiger partial charge in [0.05, 0.1) is 11.5 Å². The number of nitrogens with zero attached hydrogens (tertiary/aromatic N) is 2.